The normalized spacial score (nSPS) is 11.6. The van der Waals surface area contributed by atoms with Gasteiger partial charge >= 0.3 is 0 Å². The lowest BCUT2D eigenvalue weighted by Crippen LogP contribution is -2.11. The Morgan fingerprint density at radius 3 is 1.29 bits per heavy atom. The zero-order chi connectivity index (χ0) is 54.8. The highest BCUT2D eigenvalue weighted by molar-refractivity contribution is 6.23. The second-order valence-corrected chi connectivity index (χ2v) is 21.1. The predicted octanol–water partition coefficient (Wildman–Crippen LogP) is 20.7. The van der Waals surface area contributed by atoms with E-state index in [0.29, 0.717) is 17.5 Å². The van der Waals surface area contributed by atoms with Crippen molar-refractivity contribution in [2.45, 2.75) is 0 Å². The first-order valence-corrected chi connectivity index (χ1v) is 28.2. The largest absolute Gasteiger partial charge is 0.310 e. The molecule has 0 aliphatic heterocycles. The molecule has 388 valence electrons. The summed E-state index contributed by atoms with van der Waals surface area (Å²) in [5, 5.41) is 13.6. The van der Waals surface area contributed by atoms with Crippen LogP contribution in [-0.4, -0.2) is 19.5 Å². The first-order valence-electron chi connectivity index (χ1n) is 28.2. The molecule has 0 spiro atoms. The third kappa shape index (κ3) is 8.15. The van der Waals surface area contributed by atoms with Crippen molar-refractivity contribution in [1.82, 2.24) is 19.5 Å². The monoisotopic (exact) mass is 1060 g/mol. The Kier molecular flexibility index (Phi) is 11.4. The van der Waals surface area contributed by atoms with E-state index in [1.807, 2.05) is 0 Å². The van der Waals surface area contributed by atoms with E-state index in [0.717, 1.165) is 111 Å². The Morgan fingerprint density at radius 2 is 0.699 bits per heavy atom. The fourth-order valence-corrected chi connectivity index (χ4v) is 12.6. The summed E-state index contributed by atoms with van der Waals surface area (Å²) in [6.07, 6.45) is 0. The van der Waals surface area contributed by atoms with Gasteiger partial charge in [-0.25, -0.2) is 15.0 Å². The van der Waals surface area contributed by atoms with Gasteiger partial charge in [0.1, 0.15) is 0 Å². The van der Waals surface area contributed by atoms with Crippen LogP contribution in [0.5, 0.6) is 0 Å². The minimum Gasteiger partial charge on any atom is -0.310 e. The van der Waals surface area contributed by atoms with Gasteiger partial charge in [0.15, 0.2) is 17.5 Å². The molecular weight excluding hydrogens is 1010 g/mol. The second-order valence-electron chi connectivity index (χ2n) is 21.1. The second kappa shape index (κ2) is 19.9. The van der Waals surface area contributed by atoms with Crippen LogP contribution in [0.25, 0.3) is 116 Å². The van der Waals surface area contributed by atoms with E-state index in [2.05, 4.69) is 318 Å². The first kappa shape index (κ1) is 47.8. The number of para-hydroxylation sites is 2. The predicted molar refractivity (Wildman–Crippen MR) is 347 cm³/mol. The summed E-state index contributed by atoms with van der Waals surface area (Å²) in [4.78, 5) is 21.0. The van der Waals surface area contributed by atoms with Crippen molar-refractivity contribution < 1.29 is 0 Å². The SMILES string of the molecule is c1ccc(N(c2ccc3c(c2)c2cc(N(c4ccccc4)c4cccc5ccccc45)c4ccccc4c2n3-c2cccc(-c3nc(-c4cccc5ccccc45)nc(-c4cccc5ccccc45)n3)c2)c2cccc3ccccc23)cc1. The highest BCUT2D eigenvalue weighted by Crippen LogP contribution is 2.49. The Balaban J connectivity index is 0.976. The van der Waals surface area contributed by atoms with Crippen molar-refractivity contribution in [3.8, 4) is 39.9 Å². The lowest BCUT2D eigenvalue weighted by atomic mass is 10.00. The molecule has 0 atom stereocenters. The van der Waals surface area contributed by atoms with E-state index < -0.39 is 0 Å². The molecule has 0 saturated heterocycles. The molecule has 2 heterocycles. The van der Waals surface area contributed by atoms with E-state index >= 15 is 0 Å². The van der Waals surface area contributed by atoms with Crippen LogP contribution in [0.4, 0.5) is 34.1 Å². The summed E-state index contributed by atoms with van der Waals surface area (Å²) in [6, 6.07) is 109. The number of nitrogens with zero attached hydrogens (tertiary/aromatic N) is 6. The molecular formula is C77H50N6. The Bertz CT molecular complexity index is 5070. The van der Waals surface area contributed by atoms with Crippen molar-refractivity contribution in [1.29, 1.82) is 0 Å². The molecule has 6 heteroatoms. The molecule has 6 nitrogen and oxygen atoms in total. The van der Waals surface area contributed by atoms with E-state index in [1.54, 1.807) is 0 Å². The summed E-state index contributed by atoms with van der Waals surface area (Å²) in [5.41, 5.74) is 12.4. The maximum Gasteiger partial charge on any atom is 0.164 e. The van der Waals surface area contributed by atoms with Crippen LogP contribution in [0.1, 0.15) is 0 Å². The van der Waals surface area contributed by atoms with Gasteiger partial charge < -0.3 is 14.4 Å². The highest BCUT2D eigenvalue weighted by atomic mass is 15.2. The number of hydrogen-bond acceptors (Lipinski definition) is 5. The van der Waals surface area contributed by atoms with Crippen molar-refractivity contribution in [3.63, 3.8) is 0 Å². The fraction of sp³-hybridized carbons (Fsp3) is 0. The van der Waals surface area contributed by atoms with Crippen LogP contribution in [0.2, 0.25) is 0 Å². The quantitative estimate of drug-likeness (QED) is 0.137. The molecule has 0 N–H and O–H groups in total. The summed E-state index contributed by atoms with van der Waals surface area (Å²) in [6.45, 7) is 0. The molecule has 16 rings (SSSR count). The van der Waals surface area contributed by atoms with Crippen LogP contribution in [0, 0.1) is 0 Å². The van der Waals surface area contributed by atoms with Crippen molar-refractivity contribution in [2.24, 2.45) is 0 Å². The van der Waals surface area contributed by atoms with Crippen LogP contribution >= 0.6 is 0 Å². The van der Waals surface area contributed by atoms with Crippen molar-refractivity contribution in [2.75, 3.05) is 9.80 Å². The summed E-state index contributed by atoms with van der Waals surface area (Å²) in [7, 11) is 0. The maximum atomic E-state index is 5.40. The number of aromatic nitrogens is 4. The number of rotatable bonds is 10. The van der Waals surface area contributed by atoms with Gasteiger partial charge in [0.25, 0.3) is 0 Å². The molecule has 2 aromatic heterocycles. The molecule has 0 radical (unpaired) electrons. The molecule has 0 saturated carbocycles. The van der Waals surface area contributed by atoms with Crippen molar-refractivity contribution in [3.05, 3.63) is 303 Å². The van der Waals surface area contributed by atoms with Gasteiger partial charge in [-0.05, 0) is 105 Å². The third-order valence-electron chi connectivity index (χ3n) is 16.3. The average molecular weight is 1060 g/mol. The van der Waals surface area contributed by atoms with Crippen LogP contribution in [-0.2, 0) is 0 Å². The van der Waals surface area contributed by atoms with Crippen LogP contribution < -0.4 is 9.80 Å². The zero-order valence-electron chi connectivity index (χ0n) is 45.1. The Labute approximate surface area is 479 Å². The van der Waals surface area contributed by atoms with Gasteiger partial charge in [0.2, 0.25) is 0 Å². The van der Waals surface area contributed by atoms with Crippen LogP contribution in [0.3, 0.4) is 0 Å². The lowest BCUT2D eigenvalue weighted by Gasteiger charge is -2.28. The Hall–Kier alpha value is -11.2. The molecule has 0 fully saturated rings. The van der Waals surface area contributed by atoms with Gasteiger partial charge in [0, 0.05) is 71.8 Å². The van der Waals surface area contributed by atoms with E-state index in [-0.39, 0.29) is 0 Å². The molecule has 0 unspecified atom stereocenters. The average Bonchev–Trinajstić information content (AvgIpc) is 3.01. The Morgan fingerprint density at radius 1 is 0.253 bits per heavy atom. The first-order chi connectivity index (χ1) is 41.2. The van der Waals surface area contributed by atoms with Gasteiger partial charge in [-0.2, -0.15) is 0 Å². The summed E-state index contributed by atoms with van der Waals surface area (Å²) < 4.78 is 2.46. The summed E-state index contributed by atoms with van der Waals surface area (Å²) >= 11 is 0. The fourth-order valence-electron chi connectivity index (χ4n) is 12.6. The molecule has 0 aliphatic carbocycles. The number of benzene rings is 14. The standard InChI is InChI=1S/C77H50N6/c1-3-31-56(32-4-1)81(70-44-20-28-53-24-9-13-38-62(53)70)59-46-47-72-68(49-59)69-50-73(82(57-33-5-2-6-34-57)71-45-21-29-54-25-10-14-39-63(54)71)64-40-15-16-41-65(64)74(69)83(72)58-35-17-30-55(48-58)75-78-76(66-42-18-26-51-22-7-11-36-60(51)66)80-77(79-75)67-43-19-27-52-23-8-12-37-61(52)67/h1-50H. The smallest absolute Gasteiger partial charge is 0.164 e. The molecule has 83 heavy (non-hydrogen) atoms. The molecule has 14 aromatic carbocycles. The van der Waals surface area contributed by atoms with Gasteiger partial charge in [-0.15, -0.1) is 0 Å². The van der Waals surface area contributed by atoms with Gasteiger partial charge in [-0.3, -0.25) is 0 Å². The lowest BCUT2D eigenvalue weighted by molar-refractivity contribution is 1.08. The topological polar surface area (TPSA) is 50.1 Å². The van der Waals surface area contributed by atoms with Crippen LogP contribution in [0.15, 0.2) is 303 Å². The molecule has 0 amide bonds. The molecule has 16 aromatic rings. The maximum absolute atomic E-state index is 5.40. The zero-order valence-corrected chi connectivity index (χ0v) is 45.1. The number of anilines is 6. The third-order valence-corrected chi connectivity index (χ3v) is 16.3. The van der Waals surface area contributed by atoms with Crippen molar-refractivity contribution >= 4 is 110 Å². The van der Waals surface area contributed by atoms with Gasteiger partial charge in [0.05, 0.1) is 28.1 Å². The minimum atomic E-state index is 0.588. The number of fused-ring (bicyclic) bond motifs is 9. The van der Waals surface area contributed by atoms with E-state index in [9.17, 15) is 0 Å². The minimum absolute atomic E-state index is 0.588. The number of hydrogen-bond donors (Lipinski definition) is 0. The van der Waals surface area contributed by atoms with Gasteiger partial charge in [-0.1, -0.05) is 231 Å². The molecule has 0 aliphatic rings. The van der Waals surface area contributed by atoms with E-state index in [1.165, 1.54) is 21.5 Å². The van der Waals surface area contributed by atoms with E-state index in [4.69, 9.17) is 15.0 Å². The summed E-state index contributed by atoms with van der Waals surface area (Å²) in [5.74, 6) is 1.82. The highest BCUT2D eigenvalue weighted by Gasteiger charge is 2.25. The molecule has 0 bridgehead atoms.